The Morgan fingerprint density at radius 2 is 1.75 bits per heavy atom. The zero-order valence-electron chi connectivity index (χ0n) is 12.9. The number of nitrogens with zero attached hydrogens (tertiary/aromatic N) is 2. The summed E-state index contributed by atoms with van der Waals surface area (Å²) < 4.78 is 2.39. The van der Waals surface area contributed by atoms with Gasteiger partial charge in [-0.3, -0.25) is 4.79 Å². The van der Waals surface area contributed by atoms with Crippen molar-refractivity contribution in [1.29, 1.82) is 0 Å². The van der Waals surface area contributed by atoms with Crippen molar-refractivity contribution in [3.05, 3.63) is 82.6 Å². The van der Waals surface area contributed by atoms with E-state index in [1.54, 1.807) is 10.9 Å². The molecular weight excluding hydrogens is 366 g/mol. The molecule has 0 unspecified atom stereocenters. The highest BCUT2D eigenvalue weighted by atomic mass is 79.9. The van der Waals surface area contributed by atoms with Crippen LogP contribution >= 0.6 is 15.9 Å². The van der Waals surface area contributed by atoms with Gasteiger partial charge in [0.05, 0.1) is 17.4 Å². The Labute approximate surface area is 148 Å². The predicted molar refractivity (Wildman–Crippen MR) is 96.3 cm³/mol. The van der Waals surface area contributed by atoms with E-state index < -0.39 is 0 Å². The van der Waals surface area contributed by atoms with E-state index in [1.165, 1.54) is 5.56 Å². The largest absolute Gasteiger partial charge is 0.349 e. The Hall–Kier alpha value is -2.40. The zero-order valence-corrected chi connectivity index (χ0v) is 14.5. The molecule has 1 fully saturated rings. The van der Waals surface area contributed by atoms with Crippen LogP contribution in [0.1, 0.15) is 28.3 Å². The Morgan fingerprint density at radius 1 is 1.08 bits per heavy atom. The minimum atomic E-state index is -0.0903. The van der Waals surface area contributed by atoms with Crippen molar-refractivity contribution >= 4 is 21.8 Å². The number of para-hydroxylation sites is 1. The average Bonchev–Trinajstić information content (AvgIpc) is 3.28. The standard InChI is InChI=1S/C19H16BrN3O/c20-18-16(12-21-23(18)14-9-5-2-6-10-14)19(24)22-17-11-15(17)13-7-3-1-4-8-13/h1-10,12,15,17H,11H2,(H,22,24)/t15-,17+/m1/s1. The minimum absolute atomic E-state index is 0.0903. The highest BCUT2D eigenvalue weighted by Crippen LogP contribution is 2.40. The number of halogens is 1. The van der Waals surface area contributed by atoms with Crippen LogP contribution in [-0.2, 0) is 0 Å². The molecule has 24 heavy (non-hydrogen) atoms. The summed E-state index contributed by atoms with van der Waals surface area (Å²) in [5.74, 6) is 0.325. The summed E-state index contributed by atoms with van der Waals surface area (Å²) in [6, 6.07) is 20.2. The summed E-state index contributed by atoms with van der Waals surface area (Å²) in [4.78, 5) is 12.5. The lowest BCUT2D eigenvalue weighted by atomic mass is 10.1. The number of hydrogen-bond acceptors (Lipinski definition) is 2. The molecule has 5 heteroatoms. The van der Waals surface area contributed by atoms with Gasteiger partial charge in [0.1, 0.15) is 4.60 Å². The molecule has 1 aromatic heterocycles. The molecule has 4 rings (SSSR count). The number of benzene rings is 2. The van der Waals surface area contributed by atoms with E-state index >= 15 is 0 Å². The molecule has 2 atom stereocenters. The minimum Gasteiger partial charge on any atom is -0.349 e. The van der Waals surface area contributed by atoms with E-state index in [0.717, 1.165) is 12.1 Å². The molecule has 0 aliphatic heterocycles. The molecule has 1 saturated carbocycles. The number of carbonyl (C=O) groups excluding carboxylic acids is 1. The molecule has 4 nitrogen and oxygen atoms in total. The van der Waals surface area contributed by atoms with Crippen LogP contribution in [0.5, 0.6) is 0 Å². The first-order valence-corrected chi connectivity index (χ1v) is 8.68. The maximum Gasteiger partial charge on any atom is 0.255 e. The van der Waals surface area contributed by atoms with Crippen LogP contribution in [0.25, 0.3) is 5.69 Å². The third kappa shape index (κ3) is 2.87. The molecule has 0 bridgehead atoms. The molecule has 3 aromatic rings. The van der Waals surface area contributed by atoms with Crippen molar-refractivity contribution in [3.63, 3.8) is 0 Å². The molecular formula is C19H16BrN3O. The van der Waals surface area contributed by atoms with Gasteiger partial charge in [0, 0.05) is 12.0 Å². The third-order valence-electron chi connectivity index (χ3n) is 4.29. The van der Waals surface area contributed by atoms with Crippen molar-refractivity contribution < 1.29 is 4.79 Å². The van der Waals surface area contributed by atoms with Crippen LogP contribution in [0.3, 0.4) is 0 Å². The topological polar surface area (TPSA) is 46.9 Å². The van der Waals surface area contributed by atoms with E-state index in [4.69, 9.17) is 0 Å². The number of nitrogens with one attached hydrogen (secondary N) is 1. The lowest BCUT2D eigenvalue weighted by Crippen LogP contribution is -2.26. The van der Waals surface area contributed by atoms with E-state index in [9.17, 15) is 4.79 Å². The fourth-order valence-electron chi connectivity index (χ4n) is 2.90. The smallest absolute Gasteiger partial charge is 0.255 e. The Morgan fingerprint density at radius 3 is 2.46 bits per heavy atom. The number of hydrogen-bond donors (Lipinski definition) is 1. The molecule has 120 valence electrons. The van der Waals surface area contributed by atoms with Gasteiger partial charge < -0.3 is 5.32 Å². The highest BCUT2D eigenvalue weighted by Gasteiger charge is 2.39. The molecule has 1 aliphatic carbocycles. The van der Waals surface area contributed by atoms with E-state index in [2.05, 4.69) is 38.5 Å². The third-order valence-corrected chi connectivity index (χ3v) is 5.05. The number of carbonyl (C=O) groups is 1. The van der Waals surface area contributed by atoms with Crippen LogP contribution in [0.2, 0.25) is 0 Å². The van der Waals surface area contributed by atoms with Crippen LogP contribution < -0.4 is 5.32 Å². The predicted octanol–water partition coefficient (Wildman–Crippen LogP) is 3.92. The highest BCUT2D eigenvalue weighted by molar-refractivity contribution is 9.10. The lowest BCUT2D eigenvalue weighted by molar-refractivity contribution is 0.0949. The lowest BCUT2D eigenvalue weighted by Gasteiger charge is -2.05. The average molecular weight is 382 g/mol. The molecule has 1 heterocycles. The maximum absolute atomic E-state index is 12.5. The number of aromatic nitrogens is 2. The van der Waals surface area contributed by atoms with Gasteiger partial charge in [-0.05, 0) is 40.0 Å². The summed E-state index contributed by atoms with van der Waals surface area (Å²) >= 11 is 3.50. The van der Waals surface area contributed by atoms with Crippen LogP contribution in [-0.4, -0.2) is 21.7 Å². The second-order valence-corrected chi connectivity index (χ2v) is 6.68. The van der Waals surface area contributed by atoms with Crippen LogP contribution in [0, 0.1) is 0 Å². The molecule has 1 aliphatic rings. The van der Waals surface area contributed by atoms with Gasteiger partial charge in [-0.2, -0.15) is 5.10 Å². The molecule has 1 amide bonds. The Bertz CT molecular complexity index is 861. The van der Waals surface area contributed by atoms with E-state index in [-0.39, 0.29) is 11.9 Å². The fraction of sp³-hybridized carbons (Fsp3) is 0.158. The number of rotatable bonds is 4. The summed E-state index contributed by atoms with van der Waals surface area (Å²) in [6.07, 6.45) is 2.59. The monoisotopic (exact) mass is 381 g/mol. The van der Waals surface area contributed by atoms with Gasteiger partial charge in [0.25, 0.3) is 5.91 Å². The molecule has 0 spiro atoms. The van der Waals surface area contributed by atoms with Gasteiger partial charge >= 0.3 is 0 Å². The van der Waals surface area contributed by atoms with Crippen molar-refractivity contribution in [2.45, 2.75) is 18.4 Å². The summed E-state index contributed by atoms with van der Waals surface area (Å²) in [7, 11) is 0. The molecule has 0 radical (unpaired) electrons. The van der Waals surface area contributed by atoms with Crippen molar-refractivity contribution in [3.8, 4) is 5.69 Å². The summed E-state index contributed by atoms with van der Waals surface area (Å²) in [5.41, 5.74) is 2.75. The number of amides is 1. The van der Waals surface area contributed by atoms with Gasteiger partial charge in [-0.25, -0.2) is 4.68 Å². The Balaban J connectivity index is 1.48. The maximum atomic E-state index is 12.5. The summed E-state index contributed by atoms with van der Waals surface area (Å²) in [6.45, 7) is 0. The van der Waals surface area contributed by atoms with Crippen molar-refractivity contribution in [2.75, 3.05) is 0 Å². The van der Waals surface area contributed by atoms with E-state index in [1.807, 2.05) is 48.5 Å². The van der Waals surface area contributed by atoms with Crippen molar-refractivity contribution in [2.24, 2.45) is 0 Å². The molecule has 2 aromatic carbocycles. The van der Waals surface area contributed by atoms with Crippen LogP contribution in [0.4, 0.5) is 0 Å². The SMILES string of the molecule is O=C(N[C@H]1C[C@@H]1c1ccccc1)c1cnn(-c2ccccc2)c1Br. The van der Waals surface area contributed by atoms with E-state index in [0.29, 0.717) is 16.1 Å². The fourth-order valence-corrected chi connectivity index (χ4v) is 3.48. The van der Waals surface area contributed by atoms with Gasteiger partial charge in [0.15, 0.2) is 0 Å². The Kier molecular flexibility index (Phi) is 3.94. The first-order valence-electron chi connectivity index (χ1n) is 7.89. The van der Waals surface area contributed by atoms with Crippen LogP contribution in [0.15, 0.2) is 71.5 Å². The molecule has 1 N–H and O–H groups in total. The second kappa shape index (κ2) is 6.24. The van der Waals surface area contributed by atoms with Gasteiger partial charge in [0.2, 0.25) is 0 Å². The first-order chi connectivity index (χ1) is 11.7. The van der Waals surface area contributed by atoms with Gasteiger partial charge in [-0.1, -0.05) is 48.5 Å². The quantitative estimate of drug-likeness (QED) is 0.744. The normalized spacial score (nSPS) is 19.0. The molecule has 0 saturated heterocycles. The zero-order chi connectivity index (χ0) is 16.5. The summed E-state index contributed by atoms with van der Waals surface area (Å²) in [5, 5.41) is 7.42. The van der Waals surface area contributed by atoms with Gasteiger partial charge in [-0.15, -0.1) is 0 Å². The first kappa shape index (κ1) is 15.1. The van der Waals surface area contributed by atoms with Crippen molar-refractivity contribution in [1.82, 2.24) is 15.1 Å². The second-order valence-electron chi connectivity index (χ2n) is 5.93.